The van der Waals surface area contributed by atoms with Crippen molar-refractivity contribution in [3.05, 3.63) is 60.2 Å². The molecule has 1 amide bonds. The number of amides is 1. The average molecular weight is 591 g/mol. The van der Waals surface area contributed by atoms with Gasteiger partial charge >= 0.3 is 6.09 Å². The van der Waals surface area contributed by atoms with Crippen LogP contribution in [0.5, 0.6) is 5.75 Å². The molecule has 1 aliphatic carbocycles. The van der Waals surface area contributed by atoms with Crippen LogP contribution in [0.2, 0.25) is 0 Å². The molecule has 2 aromatic carbocycles. The molecule has 0 radical (unpaired) electrons. The lowest BCUT2D eigenvalue weighted by molar-refractivity contribution is 0.0297. The molecule has 1 aliphatic heterocycles. The monoisotopic (exact) mass is 590 g/mol. The van der Waals surface area contributed by atoms with Crippen molar-refractivity contribution in [1.29, 1.82) is 0 Å². The highest BCUT2D eigenvalue weighted by Crippen LogP contribution is 2.38. The first-order chi connectivity index (χ1) is 19.6. The number of carbonyl (C=O) groups is 1. The second-order valence-corrected chi connectivity index (χ2v) is 13.1. The van der Waals surface area contributed by atoms with Crippen LogP contribution in [0.4, 0.5) is 4.79 Å². The third-order valence-electron chi connectivity index (χ3n) is 7.76. The van der Waals surface area contributed by atoms with Gasteiger partial charge in [-0.1, -0.05) is 44.2 Å². The number of hydrogen-bond donors (Lipinski definition) is 2. The number of benzene rings is 2. The second-order valence-electron chi connectivity index (χ2n) is 11.2. The maximum atomic E-state index is 13.6. The van der Waals surface area contributed by atoms with E-state index in [4.69, 9.17) is 18.9 Å². The lowest BCUT2D eigenvalue weighted by atomic mass is 10.0. The van der Waals surface area contributed by atoms with Crippen LogP contribution < -0.4 is 10.1 Å². The van der Waals surface area contributed by atoms with E-state index in [9.17, 15) is 18.3 Å². The summed E-state index contributed by atoms with van der Waals surface area (Å²) < 4.78 is 50.7. The number of sulfonamides is 1. The molecule has 1 saturated carbocycles. The zero-order valence-electron chi connectivity index (χ0n) is 24.1. The zero-order chi connectivity index (χ0) is 29.6. The van der Waals surface area contributed by atoms with E-state index in [1.807, 2.05) is 44.2 Å². The third kappa shape index (κ3) is 7.98. The minimum absolute atomic E-state index is 0.000634. The Hall–Kier alpha value is -2.70. The van der Waals surface area contributed by atoms with Gasteiger partial charge in [0.2, 0.25) is 10.0 Å². The molecule has 2 aromatic rings. The predicted molar refractivity (Wildman–Crippen MR) is 153 cm³/mol. The predicted octanol–water partition coefficient (Wildman–Crippen LogP) is 3.23. The average Bonchev–Trinajstić information content (AvgIpc) is 3.52. The van der Waals surface area contributed by atoms with Crippen LogP contribution in [-0.4, -0.2) is 88.3 Å². The summed E-state index contributed by atoms with van der Waals surface area (Å²) in [6, 6.07) is 14.8. The summed E-state index contributed by atoms with van der Waals surface area (Å²) in [6.45, 7) is 4.35. The molecule has 2 fully saturated rings. The lowest BCUT2D eigenvalue weighted by Crippen LogP contribution is -2.51. The molecular weight excluding hydrogens is 548 g/mol. The van der Waals surface area contributed by atoms with Crippen molar-refractivity contribution >= 4 is 16.1 Å². The van der Waals surface area contributed by atoms with Gasteiger partial charge in [-0.25, -0.2) is 13.2 Å². The number of carbonyl (C=O) groups excluding carboxylic acids is 1. The smallest absolute Gasteiger partial charge is 0.407 e. The zero-order valence-corrected chi connectivity index (χ0v) is 25.0. The van der Waals surface area contributed by atoms with Crippen LogP contribution in [-0.2, 0) is 30.7 Å². The molecular formula is C30H42N2O8S. The summed E-state index contributed by atoms with van der Waals surface area (Å²) in [6.07, 6.45) is -0.682. The number of nitrogens with one attached hydrogen (secondary N) is 1. The van der Waals surface area contributed by atoms with E-state index < -0.39 is 28.3 Å². The Morgan fingerprint density at radius 1 is 1.07 bits per heavy atom. The van der Waals surface area contributed by atoms with Crippen LogP contribution in [0.25, 0.3) is 0 Å². The molecule has 2 N–H and O–H groups in total. The van der Waals surface area contributed by atoms with Crippen molar-refractivity contribution in [2.75, 3.05) is 33.9 Å². The Bertz CT molecular complexity index is 1220. The Kier molecular flexibility index (Phi) is 10.6. The summed E-state index contributed by atoms with van der Waals surface area (Å²) in [7, 11) is -0.769. The normalized spacial score (nSPS) is 23.8. The largest absolute Gasteiger partial charge is 0.497 e. The molecule has 0 bridgehead atoms. The molecule has 11 heteroatoms. The summed E-state index contributed by atoms with van der Waals surface area (Å²) in [5.41, 5.74) is 0.886. The van der Waals surface area contributed by atoms with Gasteiger partial charge in [-0.2, -0.15) is 4.31 Å². The van der Waals surface area contributed by atoms with Crippen molar-refractivity contribution in [2.24, 2.45) is 11.8 Å². The Morgan fingerprint density at radius 2 is 1.78 bits per heavy atom. The molecule has 0 spiro atoms. The summed E-state index contributed by atoms with van der Waals surface area (Å²) in [5.74, 6) is 0.720. The highest BCUT2D eigenvalue weighted by atomic mass is 32.2. The van der Waals surface area contributed by atoms with Crippen molar-refractivity contribution in [3.63, 3.8) is 0 Å². The van der Waals surface area contributed by atoms with Crippen molar-refractivity contribution in [1.82, 2.24) is 9.62 Å². The third-order valence-corrected chi connectivity index (χ3v) is 9.61. The summed E-state index contributed by atoms with van der Waals surface area (Å²) in [4.78, 5) is 13.2. The number of methoxy groups -OCH3 is 2. The molecule has 41 heavy (non-hydrogen) atoms. The quantitative estimate of drug-likeness (QED) is 0.365. The van der Waals surface area contributed by atoms with Gasteiger partial charge in [0.05, 0.1) is 43.0 Å². The van der Waals surface area contributed by atoms with E-state index >= 15 is 0 Å². The second kappa shape index (κ2) is 14.0. The topological polar surface area (TPSA) is 124 Å². The SMILES string of the molecule is COc1ccc(S(=O)(=O)N(CC(C)C)C[C@@H](O)[C@H](Cc2ccccc2)NC(=O)O[C@@H]2C[C@@H]3[C@@H](OC)CO[C@@H]3C2)cc1. The standard InChI is InChI=1S/C30H42N2O8S/c1-20(2)17-32(41(35,36)24-12-10-22(37-3)11-13-24)18-27(33)26(14-21-8-6-5-7-9-21)31-30(34)40-23-15-25-28(16-23)39-19-29(25)38-4/h5-13,20,23,25-29,33H,14-19H2,1-4H3,(H,31,34)/t23-,25+,26+,27-,28-,29+/m1/s1. The fraction of sp³-hybridized carbons (Fsp3) is 0.567. The molecule has 1 saturated heterocycles. The minimum Gasteiger partial charge on any atom is -0.497 e. The number of nitrogens with zero attached hydrogens (tertiary/aromatic N) is 1. The lowest BCUT2D eigenvalue weighted by Gasteiger charge is -2.31. The molecule has 226 valence electrons. The van der Waals surface area contributed by atoms with Gasteiger partial charge in [0.1, 0.15) is 11.9 Å². The van der Waals surface area contributed by atoms with Crippen LogP contribution in [0, 0.1) is 11.8 Å². The van der Waals surface area contributed by atoms with Crippen LogP contribution >= 0.6 is 0 Å². The van der Waals surface area contributed by atoms with Gasteiger partial charge in [-0.3, -0.25) is 0 Å². The first-order valence-electron chi connectivity index (χ1n) is 14.1. The fourth-order valence-corrected chi connectivity index (χ4v) is 7.27. The Labute approximate surface area is 243 Å². The van der Waals surface area contributed by atoms with Crippen LogP contribution in [0.15, 0.2) is 59.5 Å². The molecule has 0 aromatic heterocycles. The number of fused-ring (bicyclic) bond motifs is 1. The molecule has 6 atom stereocenters. The van der Waals surface area contributed by atoms with E-state index in [1.54, 1.807) is 19.2 Å². The maximum absolute atomic E-state index is 13.6. The molecule has 0 unspecified atom stereocenters. The van der Waals surface area contributed by atoms with Crippen molar-refractivity contribution in [2.45, 2.75) is 68.5 Å². The minimum atomic E-state index is -3.94. The first kappa shape index (κ1) is 31.2. The van der Waals surface area contributed by atoms with Gasteiger partial charge in [0.15, 0.2) is 0 Å². The first-order valence-corrected chi connectivity index (χ1v) is 15.5. The van der Waals surface area contributed by atoms with Gasteiger partial charge < -0.3 is 29.4 Å². The van der Waals surface area contributed by atoms with Gasteiger partial charge in [-0.05, 0) is 48.6 Å². The number of aliphatic hydroxyl groups excluding tert-OH is 1. The van der Waals surface area contributed by atoms with Crippen molar-refractivity contribution in [3.8, 4) is 5.75 Å². The van der Waals surface area contributed by atoms with E-state index in [-0.39, 0.29) is 48.1 Å². The number of rotatable bonds is 13. The van der Waals surface area contributed by atoms with E-state index in [1.165, 1.54) is 23.5 Å². The summed E-state index contributed by atoms with van der Waals surface area (Å²) >= 11 is 0. The Morgan fingerprint density at radius 3 is 2.41 bits per heavy atom. The van der Waals surface area contributed by atoms with Crippen molar-refractivity contribution < 1.29 is 37.3 Å². The number of aliphatic hydroxyl groups is 1. The fourth-order valence-electron chi connectivity index (χ4n) is 5.65. The highest BCUT2D eigenvalue weighted by molar-refractivity contribution is 7.89. The number of ether oxygens (including phenoxy) is 4. The molecule has 4 rings (SSSR count). The molecule has 1 heterocycles. The van der Waals surface area contributed by atoms with E-state index in [2.05, 4.69) is 5.32 Å². The van der Waals surface area contributed by atoms with Crippen LogP contribution in [0.3, 0.4) is 0 Å². The maximum Gasteiger partial charge on any atom is 0.407 e. The Balaban J connectivity index is 1.48. The molecule has 2 aliphatic rings. The molecule has 10 nitrogen and oxygen atoms in total. The van der Waals surface area contributed by atoms with Crippen LogP contribution in [0.1, 0.15) is 32.3 Å². The number of alkyl carbamates (subject to hydrolysis) is 1. The number of hydrogen-bond acceptors (Lipinski definition) is 8. The van der Waals surface area contributed by atoms with Gasteiger partial charge in [-0.15, -0.1) is 0 Å². The van der Waals surface area contributed by atoms with Gasteiger partial charge in [0.25, 0.3) is 0 Å². The van der Waals surface area contributed by atoms with E-state index in [0.717, 1.165) is 5.56 Å². The highest BCUT2D eigenvalue weighted by Gasteiger charge is 2.46. The van der Waals surface area contributed by atoms with E-state index in [0.29, 0.717) is 31.6 Å². The summed E-state index contributed by atoms with van der Waals surface area (Å²) in [5, 5.41) is 14.2. The van der Waals surface area contributed by atoms with Gasteiger partial charge in [0, 0.05) is 32.5 Å².